The van der Waals surface area contributed by atoms with E-state index in [9.17, 15) is 4.79 Å². The summed E-state index contributed by atoms with van der Waals surface area (Å²) in [5.74, 6) is 0.828. The number of carbonyl (C=O) groups excluding carboxylic acids is 1. The van der Waals surface area contributed by atoms with Crippen molar-refractivity contribution in [3.05, 3.63) is 58.9 Å². The van der Waals surface area contributed by atoms with Gasteiger partial charge in [-0.1, -0.05) is 36.5 Å². The number of anilines is 1. The highest BCUT2D eigenvalue weighted by atomic mass is 32.1. The summed E-state index contributed by atoms with van der Waals surface area (Å²) >= 11 is 1.42. The second-order valence-corrected chi connectivity index (χ2v) is 9.68. The van der Waals surface area contributed by atoms with E-state index < -0.39 is 6.04 Å². The molecule has 2 N–H and O–H groups in total. The van der Waals surface area contributed by atoms with Crippen LogP contribution in [-0.4, -0.2) is 64.2 Å². The normalized spacial score (nSPS) is 15.6. The van der Waals surface area contributed by atoms with Crippen molar-refractivity contribution in [3.63, 3.8) is 0 Å². The first-order valence-electron chi connectivity index (χ1n) is 11.7. The number of aryl methyl sites for hydroxylation is 1. The fraction of sp³-hybridized carbons (Fsp3) is 0.417. The molecule has 10 heteroatoms. The van der Waals surface area contributed by atoms with Crippen molar-refractivity contribution < 1.29 is 9.21 Å². The number of aromatic amines is 1. The molecule has 1 fully saturated rings. The minimum Gasteiger partial charge on any atom is -0.423 e. The lowest BCUT2D eigenvalue weighted by Gasteiger charge is -2.32. The first-order valence-corrected chi connectivity index (χ1v) is 12.5. The predicted molar refractivity (Wildman–Crippen MR) is 132 cm³/mol. The average Bonchev–Trinajstić information content (AvgIpc) is 3.60. The lowest BCUT2D eigenvalue weighted by Crippen LogP contribution is -2.44. The van der Waals surface area contributed by atoms with E-state index in [4.69, 9.17) is 4.42 Å². The minimum absolute atomic E-state index is 0.182. The number of nitrogens with zero attached hydrogens (tertiary/aromatic N) is 5. The van der Waals surface area contributed by atoms with Crippen LogP contribution in [0.15, 0.2) is 41.1 Å². The Morgan fingerprint density at radius 1 is 1.24 bits per heavy atom. The van der Waals surface area contributed by atoms with Gasteiger partial charge in [-0.15, -0.1) is 10.2 Å². The Morgan fingerprint density at radius 3 is 2.88 bits per heavy atom. The van der Waals surface area contributed by atoms with Gasteiger partial charge in [-0.05, 0) is 25.1 Å². The summed E-state index contributed by atoms with van der Waals surface area (Å²) in [5.41, 5.74) is 2.14. The molecule has 0 bridgehead atoms. The number of para-hydroxylation sites is 1. The van der Waals surface area contributed by atoms with Gasteiger partial charge in [0.25, 0.3) is 5.91 Å². The van der Waals surface area contributed by atoms with Crippen molar-refractivity contribution in [1.29, 1.82) is 0 Å². The number of amides is 1. The number of piperazine rings is 1. The summed E-state index contributed by atoms with van der Waals surface area (Å²) in [6, 6.07) is 7.67. The zero-order valence-corrected chi connectivity index (χ0v) is 20.3. The lowest BCUT2D eigenvalue weighted by molar-refractivity contribution is 0.0933. The van der Waals surface area contributed by atoms with Crippen LogP contribution in [0.2, 0.25) is 0 Å². The Labute approximate surface area is 202 Å². The molecule has 1 amide bonds. The topological polar surface area (TPSA) is 103 Å². The van der Waals surface area contributed by atoms with E-state index in [-0.39, 0.29) is 5.91 Å². The second-order valence-electron chi connectivity index (χ2n) is 8.67. The Morgan fingerprint density at radius 2 is 2.06 bits per heavy atom. The van der Waals surface area contributed by atoms with E-state index in [1.807, 2.05) is 24.4 Å². The molecule has 0 aliphatic carbocycles. The van der Waals surface area contributed by atoms with E-state index in [0.29, 0.717) is 29.5 Å². The molecule has 5 rings (SSSR count). The first-order chi connectivity index (χ1) is 16.6. The summed E-state index contributed by atoms with van der Waals surface area (Å²) in [6.45, 7) is 5.87. The van der Waals surface area contributed by atoms with Crippen LogP contribution in [0.1, 0.15) is 46.4 Å². The summed E-state index contributed by atoms with van der Waals surface area (Å²) in [5, 5.41) is 13.6. The van der Waals surface area contributed by atoms with Gasteiger partial charge in [0.2, 0.25) is 11.8 Å². The molecule has 4 aromatic rings. The molecule has 3 aromatic heterocycles. The Hall–Kier alpha value is -3.24. The maximum atomic E-state index is 13.2. The number of hydrogen-bond acceptors (Lipinski definition) is 8. The lowest BCUT2D eigenvalue weighted by atomic mass is 10.0. The molecule has 178 valence electrons. The number of carbonyl (C=O) groups is 1. The molecule has 1 aromatic carbocycles. The SMILES string of the molecule is CCCc1nnc(C(Cc2c[nH]c3ccccc23)NC(=O)c2cnc(N3CCN(C)CC3)s2)o1. The Balaban J connectivity index is 1.36. The number of fused-ring (bicyclic) bond motifs is 1. The second kappa shape index (κ2) is 9.94. The van der Waals surface area contributed by atoms with Crippen LogP contribution in [-0.2, 0) is 12.8 Å². The zero-order chi connectivity index (χ0) is 23.5. The van der Waals surface area contributed by atoms with Gasteiger partial charge in [0.1, 0.15) is 10.9 Å². The Bertz CT molecular complexity index is 1250. The molecular formula is C24H29N7O2S. The van der Waals surface area contributed by atoms with E-state index in [1.54, 1.807) is 6.20 Å². The number of hydrogen-bond donors (Lipinski definition) is 2. The monoisotopic (exact) mass is 479 g/mol. The van der Waals surface area contributed by atoms with Gasteiger partial charge < -0.3 is 24.5 Å². The molecule has 0 radical (unpaired) electrons. The summed E-state index contributed by atoms with van der Waals surface area (Å²) < 4.78 is 5.92. The third kappa shape index (κ3) is 4.83. The van der Waals surface area contributed by atoms with Crippen molar-refractivity contribution in [2.75, 3.05) is 38.1 Å². The summed E-state index contributed by atoms with van der Waals surface area (Å²) in [6.07, 6.45) is 5.80. The van der Waals surface area contributed by atoms with Crippen molar-refractivity contribution >= 4 is 33.3 Å². The number of rotatable bonds is 8. The fourth-order valence-electron chi connectivity index (χ4n) is 4.19. The highest BCUT2D eigenvalue weighted by molar-refractivity contribution is 7.17. The predicted octanol–water partition coefficient (Wildman–Crippen LogP) is 3.43. The summed E-state index contributed by atoms with van der Waals surface area (Å²) in [4.78, 5) is 26.2. The van der Waals surface area contributed by atoms with E-state index in [2.05, 4.69) is 55.3 Å². The van der Waals surface area contributed by atoms with Crippen molar-refractivity contribution in [3.8, 4) is 0 Å². The maximum Gasteiger partial charge on any atom is 0.263 e. The molecule has 1 saturated heterocycles. The molecule has 4 heterocycles. The third-order valence-corrected chi connectivity index (χ3v) is 7.20. The van der Waals surface area contributed by atoms with E-state index in [0.717, 1.165) is 54.2 Å². The van der Waals surface area contributed by atoms with Gasteiger partial charge >= 0.3 is 0 Å². The van der Waals surface area contributed by atoms with Gasteiger partial charge in [0.05, 0.1) is 6.20 Å². The molecular weight excluding hydrogens is 450 g/mol. The molecule has 34 heavy (non-hydrogen) atoms. The molecule has 1 aliphatic heterocycles. The van der Waals surface area contributed by atoms with Crippen molar-refractivity contribution in [1.82, 2.24) is 30.4 Å². The number of benzene rings is 1. The smallest absolute Gasteiger partial charge is 0.263 e. The number of thiazole rings is 1. The molecule has 9 nitrogen and oxygen atoms in total. The van der Waals surface area contributed by atoms with Crippen LogP contribution in [0.25, 0.3) is 10.9 Å². The minimum atomic E-state index is -0.445. The molecule has 1 unspecified atom stereocenters. The van der Waals surface area contributed by atoms with Gasteiger partial charge in [-0.3, -0.25) is 4.79 Å². The number of aromatic nitrogens is 4. The summed E-state index contributed by atoms with van der Waals surface area (Å²) in [7, 11) is 2.12. The third-order valence-electron chi connectivity index (χ3n) is 6.14. The van der Waals surface area contributed by atoms with Crippen LogP contribution in [0, 0.1) is 0 Å². The van der Waals surface area contributed by atoms with E-state index in [1.165, 1.54) is 11.3 Å². The standard InChI is InChI=1S/C24H29N7O2S/c1-3-6-21-28-29-23(33-21)19(13-16-14-25-18-8-5-4-7-17(16)18)27-22(32)20-15-26-24(34-20)31-11-9-30(2)10-12-31/h4-5,7-8,14-15,19,25H,3,6,9-13H2,1-2H3,(H,27,32). The highest BCUT2D eigenvalue weighted by Crippen LogP contribution is 2.27. The molecule has 1 aliphatic rings. The zero-order valence-electron chi connectivity index (χ0n) is 19.5. The average molecular weight is 480 g/mol. The highest BCUT2D eigenvalue weighted by Gasteiger charge is 2.25. The largest absolute Gasteiger partial charge is 0.423 e. The van der Waals surface area contributed by atoms with Gasteiger partial charge in [0.15, 0.2) is 5.13 Å². The quantitative estimate of drug-likeness (QED) is 0.399. The fourth-order valence-corrected chi connectivity index (χ4v) is 5.06. The number of H-pyrrole nitrogens is 1. The Kier molecular flexibility index (Phi) is 6.59. The van der Waals surface area contributed by atoms with E-state index >= 15 is 0 Å². The first kappa shape index (κ1) is 22.5. The van der Waals surface area contributed by atoms with Crippen LogP contribution >= 0.6 is 11.3 Å². The molecule has 1 atom stereocenters. The number of nitrogens with one attached hydrogen (secondary N) is 2. The maximum absolute atomic E-state index is 13.2. The van der Waals surface area contributed by atoms with Crippen molar-refractivity contribution in [2.24, 2.45) is 0 Å². The van der Waals surface area contributed by atoms with Crippen LogP contribution < -0.4 is 10.2 Å². The number of likely N-dealkylation sites (N-methyl/N-ethyl adjacent to an activating group) is 1. The molecule has 0 saturated carbocycles. The van der Waals surface area contributed by atoms with Crippen molar-refractivity contribution in [2.45, 2.75) is 32.2 Å². The van der Waals surface area contributed by atoms with Crippen LogP contribution in [0.4, 0.5) is 5.13 Å². The van der Waals surface area contributed by atoms with Crippen LogP contribution in [0.5, 0.6) is 0 Å². The van der Waals surface area contributed by atoms with Gasteiger partial charge in [-0.25, -0.2) is 4.98 Å². The van der Waals surface area contributed by atoms with Crippen LogP contribution in [0.3, 0.4) is 0 Å². The van der Waals surface area contributed by atoms with Gasteiger partial charge in [-0.2, -0.15) is 0 Å². The van der Waals surface area contributed by atoms with Gasteiger partial charge in [0, 0.05) is 56.1 Å². The molecule has 0 spiro atoms.